The Hall–Kier alpha value is -0.860. The van der Waals surface area contributed by atoms with E-state index in [1.807, 2.05) is 20.8 Å². The lowest BCUT2D eigenvalue weighted by atomic mass is 9.74. The Morgan fingerprint density at radius 1 is 1.12 bits per heavy atom. The van der Waals surface area contributed by atoms with E-state index in [4.69, 9.17) is 0 Å². The molecular formula is C14H25NO2. The Kier molecular flexibility index (Phi) is 4.34. The van der Waals surface area contributed by atoms with Crippen LogP contribution in [0.15, 0.2) is 0 Å². The molecule has 0 unspecified atom stereocenters. The summed E-state index contributed by atoms with van der Waals surface area (Å²) in [5.41, 5.74) is -0.586. The lowest BCUT2D eigenvalue weighted by Crippen LogP contribution is -2.51. The van der Waals surface area contributed by atoms with E-state index in [0.29, 0.717) is 6.42 Å². The van der Waals surface area contributed by atoms with Crippen LogP contribution in [0.4, 0.5) is 0 Å². The maximum absolute atomic E-state index is 12.2. The van der Waals surface area contributed by atoms with Gasteiger partial charge in [0.15, 0.2) is 0 Å². The van der Waals surface area contributed by atoms with E-state index in [1.54, 1.807) is 0 Å². The van der Waals surface area contributed by atoms with Gasteiger partial charge in [-0.3, -0.25) is 9.59 Å². The van der Waals surface area contributed by atoms with Crippen molar-refractivity contribution in [3.63, 3.8) is 0 Å². The molecule has 3 nitrogen and oxygen atoms in total. The van der Waals surface area contributed by atoms with Gasteiger partial charge >= 0.3 is 0 Å². The van der Waals surface area contributed by atoms with E-state index in [1.165, 1.54) is 13.3 Å². The number of carbonyl (C=O) groups excluding carboxylic acids is 2. The molecule has 0 spiro atoms. The molecule has 0 saturated heterocycles. The van der Waals surface area contributed by atoms with Crippen molar-refractivity contribution in [3.05, 3.63) is 0 Å². The fourth-order valence-corrected chi connectivity index (χ4v) is 2.52. The molecule has 3 heteroatoms. The Balaban J connectivity index is 2.76. The first-order chi connectivity index (χ1) is 7.75. The lowest BCUT2D eigenvalue weighted by molar-refractivity contribution is -0.129. The number of nitrogens with one attached hydrogen (secondary N) is 1. The third kappa shape index (κ3) is 4.14. The standard InChI is InChI=1S/C14H25NO2/c1-11(16)15-14(8-6-5-7-9-14)10-12(17)13(2,3)4/h5-10H2,1-4H3,(H,15,16). The van der Waals surface area contributed by atoms with Crippen molar-refractivity contribution in [2.75, 3.05) is 0 Å². The number of Topliss-reactive ketones (excluding diaryl/α,β-unsaturated/α-hetero) is 1. The Bertz CT molecular complexity index is 296. The molecule has 1 N–H and O–H groups in total. The Morgan fingerprint density at radius 3 is 2.06 bits per heavy atom. The van der Waals surface area contributed by atoms with Gasteiger partial charge in [-0.2, -0.15) is 0 Å². The van der Waals surface area contributed by atoms with Gasteiger partial charge < -0.3 is 5.32 Å². The third-order valence-corrected chi connectivity index (χ3v) is 3.59. The molecule has 1 rings (SSSR count). The quantitative estimate of drug-likeness (QED) is 0.823. The topological polar surface area (TPSA) is 46.2 Å². The first-order valence-corrected chi connectivity index (χ1v) is 6.57. The number of rotatable bonds is 3. The molecule has 0 bridgehead atoms. The zero-order valence-electron chi connectivity index (χ0n) is 11.6. The van der Waals surface area contributed by atoms with Gasteiger partial charge in [0, 0.05) is 24.3 Å². The molecule has 1 aliphatic carbocycles. The van der Waals surface area contributed by atoms with Gasteiger partial charge in [-0.25, -0.2) is 0 Å². The normalized spacial score (nSPS) is 19.8. The summed E-state index contributed by atoms with van der Waals surface area (Å²) >= 11 is 0. The first-order valence-electron chi connectivity index (χ1n) is 6.57. The minimum atomic E-state index is -0.317. The fraction of sp³-hybridized carbons (Fsp3) is 0.857. The highest BCUT2D eigenvalue weighted by Crippen LogP contribution is 2.33. The zero-order valence-corrected chi connectivity index (χ0v) is 11.6. The molecule has 0 atom stereocenters. The van der Waals surface area contributed by atoms with Crippen LogP contribution >= 0.6 is 0 Å². The largest absolute Gasteiger partial charge is 0.350 e. The molecule has 0 aromatic heterocycles. The van der Waals surface area contributed by atoms with Crippen LogP contribution in [0, 0.1) is 5.41 Å². The summed E-state index contributed by atoms with van der Waals surface area (Å²) in [6.07, 6.45) is 5.79. The van der Waals surface area contributed by atoms with E-state index in [-0.39, 0.29) is 22.6 Å². The molecule has 17 heavy (non-hydrogen) atoms. The minimum absolute atomic E-state index is 0.0198. The molecular weight excluding hydrogens is 214 g/mol. The van der Waals surface area contributed by atoms with Crippen LogP contribution < -0.4 is 5.32 Å². The Labute approximate surface area is 104 Å². The van der Waals surface area contributed by atoms with Crippen molar-refractivity contribution in [2.45, 2.75) is 71.8 Å². The average Bonchev–Trinajstić information content (AvgIpc) is 2.15. The van der Waals surface area contributed by atoms with Crippen molar-refractivity contribution in [3.8, 4) is 0 Å². The second kappa shape index (κ2) is 5.19. The molecule has 0 aromatic rings. The van der Waals surface area contributed by atoms with Crippen LogP contribution in [0.5, 0.6) is 0 Å². The van der Waals surface area contributed by atoms with Crippen LogP contribution in [-0.4, -0.2) is 17.2 Å². The van der Waals surface area contributed by atoms with Gasteiger partial charge in [-0.05, 0) is 12.8 Å². The summed E-state index contributed by atoms with van der Waals surface area (Å²) < 4.78 is 0. The van der Waals surface area contributed by atoms with E-state index in [0.717, 1.165) is 25.7 Å². The van der Waals surface area contributed by atoms with Crippen LogP contribution in [0.25, 0.3) is 0 Å². The van der Waals surface area contributed by atoms with Gasteiger partial charge in [0.1, 0.15) is 5.78 Å². The predicted molar refractivity (Wildman–Crippen MR) is 68.7 cm³/mol. The summed E-state index contributed by atoms with van der Waals surface area (Å²) in [4.78, 5) is 23.5. The van der Waals surface area contributed by atoms with E-state index < -0.39 is 0 Å². The van der Waals surface area contributed by atoms with Crippen molar-refractivity contribution in [2.24, 2.45) is 5.41 Å². The summed E-state index contributed by atoms with van der Waals surface area (Å²) in [5, 5.41) is 3.04. The highest BCUT2D eigenvalue weighted by Gasteiger charge is 2.37. The average molecular weight is 239 g/mol. The summed E-state index contributed by atoms with van der Waals surface area (Å²) in [6, 6.07) is 0. The van der Waals surface area contributed by atoms with Gasteiger partial charge in [0.2, 0.25) is 5.91 Å². The highest BCUT2D eigenvalue weighted by atomic mass is 16.1. The Morgan fingerprint density at radius 2 is 1.65 bits per heavy atom. The minimum Gasteiger partial charge on any atom is -0.350 e. The van der Waals surface area contributed by atoms with Crippen molar-refractivity contribution >= 4 is 11.7 Å². The molecule has 1 saturated carbocycles. The first kappa shape index (κ1) is 14.2. The van der Waals surface area contributed by atoms with Gasteiger partial charge in [-0.15, -0.1) is 0 Å². The molecule has 0 aliphatic heterocycles. The molecule has 0 aromatic carbocycles. The lowest BCUT2D eigenvalue weighted by Gasteiger charge is -2.39. The maximum atomic E-state index is 12.2. The molecule has 1 amide bonds. The molecule has 0 radical (unpaired) electrons. The fourth-order valence-electron chi connectivity index (χ4n) is 2.52. The van der Waals surface area contributed by atoms with E-state index >= 15 is 0 Å². The van der Waals surface area contributed by atoms with Gasteiger partial charge in [-0.1, -0.05) is 40.0 Å². The number of amides is 1. The van der Waals surface area contributed by atoms with Crippen LogP contribution in [0.3, 0.4) is 0 Å². The SMILES string of the molecule is CC(=O)NC1(CC(=O)C(C)(C)C)CCCCC1. The number of carbonyl (C=O) groups is 2. The molecule has 1 fully saturated rings. The monoisotopic (exact) mass is 239 g/mol. The highest BCUT2D eigenvalue weighted by molar-refractivity contribution is 5.85. The van der Waals surface area contributed by atoms with Crippen molar-refractivity contribution in [1.82, 2.24) is 5.32 Å². The second-order valence-electron chi connectivity index (χ2n) is 6.37. The summed E-state index contributed by atoms with van der Waals surface area (Å²) in [5.74, 6) is 0.224. The molecule has 1 aliphatic rings. The summed E-state index contributed by atoms with van der Waals surface area (Å²) in [7, 11) is 0. The van der Waals surface area contributed by atoms with Gasteiger partial charge in [0.25, 0.3) is 0 Å². The van der Waals surface area contributed by atoms with Crippen LogP contribution in [0.2, 0.25) is 0 Å². The van der Waals surface area contributed by atoms with Crippen LogP contribution in [0.1, 0.15) is 66.2 Å². The van der Waals surface area contributed by atoms with Crippen molar-refractivity contribution < 1.29 is 9.59 Å². The predicted octanol–water partition coefficient (Wildman–Crippen LogP) is 2.83. The number of hydrogen-bond donors (Lipinski definition) is 1. The molecule has 98 valence electrons. The molecule has 0 heterocycles. The third-order valence-electron chi connectivity index (χ3n) is 3.59. The van der Waals surface area contributed by atoms with E-state index in [9.17, 15) is 9.59 Å². The zero-order chi connectivity index (χ0) is 13.1. The maximum Gasteiger partial charge on any atom is 0.217 e. The number of hydrogen-bond acceptors (Lipinski definition) is 2. The smallest absolute Gasteiger partial charge is 0.217 e. The number of ketones is 1. The van der Waals surface area contributed by atoms with Gasteiger partial charge in [0.05, 0.1) is 0 Å². The summed E-state index contributed by atoms with van der Waals surface area (Å²) in [6.45, 7) is 7.37. The second-order valence-corrected chi connectivity index (χ2v) is 6.37. The van der Waals surface area contributed by atoms with Crippen LogP contribution in [-0.2, 0) is 9.59 Å². The van der Waals surface area contributed by atoms with Crippen molar-refractivity contribution in [1.29, 1.82) is 0 Å². The van der Waals surface area contributed by atoms with E-state index in [2.05, 4.69) is 5.32 Å².